The number of hydrogen-bond donors (Lipinski definition) is 1. The molecule has 4 heteroatoms. The molecule has 102 valence electrons. The molecule has 0 radical (unpaired) electrons. The molecule has 0 unspecified atom stereocenters. The van der Waals surface area contributed by atoms with Crippen molar-refractivity contribution in [3.63, 3.8) is 0 Å². The summed E-state index contributed by atoms with van der Waals surface area (Å²) >= 11 is 0. The molecule has 1 aromatic rings. The van der Waals surface area contributed by atoms with Crippen molar-refractivity contribution in [3.8, 4) is 0 Å². The summed E-state index contributed by atoms with van der Waals surface area (Å²) in [4.78, 5) is 2.48. The number of rotatable bonds is 6. The maximum atomic E-state index is 5.59. The van der Waals surface area contributed by atoms with Gasteiger partial charge in [0.25, 0.3) is 0 Å². The molecule has 0 atom stereocenters. The number of likely N-dealkylation sites (tertiary alicyclic amines) is 1. The van der Waals surface area contributed by atoms with E-state index < -0.39 is 0 Å². The zero-order valence-electron chi connectivity index (χ0n) is 11.4. The van der Waals surface area contributed by atoms with Crippen LogP contribution in [-0.4, -0.2) is 38.8 Å². The van der Waals surface area contributed by atoms with E-state index in [1.54, 1.807) is 13.4 Å². The minimum absolute atomic E-state index is 0.736. The summed E-state index contributed by atoms with van der Waals surface area (Å²) in [7, 11) is 3.76. The molecule has 1 aliphatic rings. The summed E-state index contributed by atoms with van der Waals surface area (Å²) in [6.07, 6.45) is 4.26. The van der Waals surface area contributed by atoms with Crippen LogP contribution in [-0.2, 0) is 17.8 Å². The number of ether oxygens (including phenoxy) is 1. The van der Waals surface area contributed by atoms with E-state index in [0.29, 0.717) is 0 Å². The molecule has 1 saturated heterocycles. The Hall–Kier alpha value is -0.840. The van der Waals surface area contributed by atoms with Gasteiger partial charge in [0.2, 0.25) is 0 Å². The van der Waals surface area contributed by atoms with Gasteiger partial charge < -0.3 is 14.5 Å². The molecule has 1 aromatic heterocycles. The predicted molar refractivity (Wildman–Crippen MR) is 71.3 cm³/mol. The van der Waals surface area contributed by atoms with Crippen molar-refractivity contribution in [2.45, 2.75) is 25.9 Å². The first-order chi connectivity index (χ1) is 8.83. The van der Waals surface area contributed by atoms with Crippen molar-refractivity contribution in [1.29, 1.82) is 0 Å². The highest BCUT2D eigenvalue weighted by Gasteiger charge is 2.20. The van der Waals surface area contributed by atoms with Crippen LogP contribution < -0.4 is 5.32 Å². The SMILES string of the molecule is CNCc1ccoc1CN1CCC(COC)CC1. The molecule has 0 saturated carbocycles. The zero-order valence-corrected chi connectivity index (χ0v) is 11.4. The first-order valence-corrected chi connectivity index (χ1v) is 6.74. The number of furan rings is 1. The van der Waals surface area contributed by atoms with E-state index in [1.165, 1.54) is 18.4 Å². The second-order valence-corrected chi connectivity index (χ2v) is 5.07. The van der Waals surface area contributed by atoms with Gasteiger partial charge in [-0.3, -0.25) is 4.90 Å². The van der Waals surface area contributed by atoms with Gasteiger partial charge in [-0.05, 0) is 45.0 Å². The van der Waals surface area contributed by atoms with Gasteiger partial charge in [0.1, 0.15) is 5.76 Å². The van der Waals surface area contributed by atoms with Crippen LogP contribution in [0.5, 0.6) is 0 Å². The number of hydrogen-bond acceptors (Lipinski definition) is 4. The van der Waals surface area contributed by atoms with Crippen LogP contribution in [0.1, 0.15) is 24.2 Å². The summed E-state index contributed by atoms with van der Waals surface area (Å²) < 4.78 is 10.8. The molecule has 0 amide bonds. The number of nitrogens with one attached hydrogen (secondary N) is 1. The summed E-state index contributed by atoms with van der Waals surface area (Å²) in [5.74, 6) is 1.84. The van der Waals surface area contributed by atoms with Crippen molar-refractivity contribution >= 4 is 0 Å². The third kappa shape index (κ3) is 3.57. The van der Waals surface area contributed by atoms with E-state index in [1.807, 2.05) is 7.05 Å². The molecular formula is C14H24N2O2. The van der Waals surface area contributed by atoms with Gasteiger partial charge in [0, 0.05) is 25.8 Å². The second-order valence-electron chi connectivity index (χ2n) is 5.07. The highest BCUT2D eigenvalue weighted by atomic mass is 16.5. The Morgan fingerprint density at radius 3 is 2.89 bits per heavy atom. The smallest absolute Gasteiger partial charge is 0.122 e. The van der Waals surface area contributed by atoms with E-state index in [9.17, 15) is 0 Å². The van der Waals surface area contributed by atoms with Crippen LogP contribution in [0, 0.1) is 5.92 Å². The van der Waals surface area contributed by atoms with Crippen LogP contribution in [0.25, 0.3) is 0 Å². The van der Waals surface area contributed by atoms with Crippen LogP contribution in [0.3, 0.4) is 0 Å². The Kier molecular flexibility index (Phi) is 5.23. The van der Waals surface area contributed by atoms with E-state index in [4.69, 9.17) is 9.15 Å². The monoisotopic (exact) mass is 252 g/mol. The minimum atomic E-state index is 0.736. The fourth-order valence-corrected chi connectivity index (χ4v) is 2.60. The van der Waals surface area contributed by atoms with Gasteiger partial charge in [0.15, 0.2) is 0 Å². The fourth-order valence-electron chi connectivity index (χ4n) is 2.60. The normalized spacial score (nSPS) is 18.3. The molecule has 0 aliphatic carbocycles. The second kappa shape index (κ2) is 6.92. The van der Waals surface area contributed by atoms with Gasteiger partial charge in [0.05, 0.1) is 12.8 Å². The molecule has 18 heavy (non-hydrogen) atoms. The largest absolute Gasteiger partial charge is 0.468 e. The van der Waals surface area contributed by atoms with Crippen molar-refractivity contribution < 1.29 is 9.15 Å². The van der Waals surface area contributed by atoms with Gasteiger partial charge in [-0.2, -0.15) is 0 Å². The van der Waals surface area contributed by atoms with Gasteiger partial charge in [-0.25, -0.2) is 0 Å². The lowest BCUT2D eigenvalue weighted by Crippen LogP contribution is -2.34. The maximum absolute atomic E-state index is 5.59. The van der Waals surface area contributed by atoms with Gasteiger partial charge >= 0.3 is 0 Å². The first-order valence-electron chi connectivity index (χ1n) is 6.74. The van der Waals surface area contributed by atoms with E-state index in [0.717, 1.165) is 44.5 Å². The summed E-state index contributed by atoms with van der Waals surface area (Å²) in [5.41, 5.74) is 1.27. The van der Waals surface area contributed by atoms with Crippen molar-refractivity contribution in [3.05, 3.63) is 23.7 Å². The maximum Gasteiger partial charge on any atom is 0.122 e. The Bertz CT molecular complexity index is 343. The molecule has 0 aromatic carbocycles. The molecule has 0 spiro atoms. The van der Waals surface area contributed by atoms with Crippen molar-refractivity contribution in [2.75, 3.05) is 33.9 Å². The highest BCUT2D eigenvalue weighted by Crippen LogP contribution is 2.20. The Morgan fingerprint density at radius 1 is 1.44 bits per heavy atom. The predicted octanol–water partition coefficient (Wildman–Crippen LogP) is 1.86. The van der Waals surface area contributed by atoms with Crippen LogP contribution in [0.15, 0.2) is 16.7 Å². The quantitative estimate of drug-likeness (QED) is 0.838. The molecule has 2 rings (SSSR count). The zero-order chi connectivity index (χ0) is 12.8. The van der Waals surface area contributed by atoms with Crippen LogP contribution in [0.2, 0.25) is 0 Å². The Labute approximate surface area is 109 Å². The Morgan fingerprint density at radius 2 is 2.22 bits per heavy atom. The van der Waals surface area contributed by atoms with Crippen LogP contribution in [0.4, 0.5) is 0 Å². The fraction of sp³-hybridized carbons (Fsp3) is 0.714. The highest BCUT2D eigenvalue weighted by molar-refractivity contribution is 5.16. The van der Waals surface area contributed by atoms with E-state index in [-0.39, 0.29) is 0 Å². The molecule has 1 aliphatic heterocycles. The summed E-state index contributed by atoms with van der Waals surface area (Å²) in [6.45, 7) is 5.01. The lowest BCUT2D eigenvalue weighted by molar-refractivity contribution is 0.0937. The van der Waals surface area contributed by atoms with Gasteiger partial charge in [-0.1, -0.05) is 0 Å². The molecule has 1 fully saturated rings. The molecule has 1 N–H and O–H groups in total. The summed E-state index contributed by atoms with van der Waals surface area (Å²) in [5, 5.41) is 3.18. The number of piperidine rings is 1. The van der Waals surface area contributed by atoms with Crippen molar-refractivity contribution in [2.24, 2.45) is 5.92 Å². The summed E-state index contributed by atoms with van der Waals surface area (Å²) in [6, 6.07) is 2.06. The van der Waals surface area contributed by atoms with Crippen molar-refractivity contribution in [1.82, 2.24) is 10.2 Å². The molecule has 4 nitrogen and oxygen atoms in total. The van der Waals surface area contributed by atoms with E-state index in [2.05, 4.69) is 16.3 Å². The first kappa shape index (κ1) is 13.6. The average Bonchev–Trinajstić information content (AvgIpc) is 2.80. The third-order valence-corrected chi connectivity index (χ3v) is 3.68. The molecule has 2 heterocycles. The third-order valence-electron chi connectivity index (χ3n) is 3.68. The lowest BCUT2D eigenvalue weighted by atomic mass is 9.97. The van der Waals surface area contributed by atoms with Gasteiger partial charge in [-0.15, -0.1) is 0 Å². The molecular weight excluding hydrogens is 228 g/mol. The standard InChI is InChI=1S/C14H24N2O2/c1-15-9-13-5-8-18-14(13)10-16-6-3-12(4-7-16)11-17-2/h5,8,12,15H,3-4,6-7,9-11H2,1-2H3. The Balaban J connectivity index is 1.82. The van der Waals surface area contributed by atoms with E-state index >= 15 is 0 Å². The number of nitrogens with zero attached hydrogens (tertiary/aromatic N) is 1. The average molecular weight is 252 g/mol. The number of methoxy groups -OCH3 is 1. The topological polar surface area (TPSA) is 37.6 Å². The molecule has 0 bridgehead atoms. The van der Waals surface area contributed by atoms with Crippen LogP contribution >= 0.6 is 0 Å². The minimum Gasteiger partial charge on any atom is -0.468 e. The lowest BCUT2D eigenvalue weighted by Gasteiger charge is -2.31.